The number of nitrogens with zero attached hydrogens (tertiary/aromatic N) is 2. The number of aryl methyl sites for hydroxylation is 2. The smallest absolute Gasteiger partial charge is 0.264 e. The van der Waals surface area contributed by atoms with Crippen molar-refractivity contribution in [3.05, 3.63) is 129 Å². The fourth-order valence-corrected chi connectivity index (χ4v) is 7.07. The summed E-state index contributed by atoms with van der Waals surface area (Å²) in [6, 6.07) is 26.9. The lowest BCUT2D eigenvalue weighted by atomic mass is 10.0. The zero-order chi connectivity index (χ0) is 33.3. The molecule has 46 heavy (non-hydrogen) atoms. The summed E-state index contributed by atoms with van der Waals surface area (Å²) in [6.45, 7) is 5.56. The maximum absolute atomic E-state index is 14.6. The maximum Gasteiger partial charge on any atom is 0.264 e. The molecule has 0 aliphatic rings. The number of amides is 2. The summed E-state index contributed by atoms with van der Waals surface area (Å²) in [6.07, 6.45) is 1.87. The average molecular weight is 681 g/mol. The van der Waals surface area contributed by atoms with Crippen LogP contribution in [0.5, 0.6) is 0 Å². The Morgan fingerprint density at radius 3 is 2.20 bits per heavy atom. The number of hydrogen-bond acceptors (Lipinski definition) is 4. The number of sulfonamides is 1. The summed E-state index contributed by atoms with van der Waals surface area (Å²) in [7, 11) is -4.19. The summed E-state index contributed by atoms with van der Waals surface area (Å²) in [5.74, 6) is -0.891. The lowest BCUT2D eigenvalue weighted by molar-refractivity contribution is -0.140. The molecule has 0 spiro atoms. The van der Waals surface area contributed by atoms with Gasteiger partial charge in [0.2, 0.25) is 11.8 Å². The van der Waals surface area contributed by atoms with E-state index in [1.54, 1.807) is 49.4 Å². The Morgan fingerprint density at radius 1 is 0.870 bits per heavy atom. The van der Waals surface area contributed by atoms with Crippen molar-refractivity contribution in [2.24, 2.45) is 0 Å². The zero-order valence-corrected chi connectivity index (χ0v) is 28.6. The van der Waals surface area contributed by atoms with Crippen LogP contribution in [0.2, 0.25) is 10.0 Å². The minimum absolute atomic E-state index is 0.0421. The van der Waals surface area contributed by atoms with Crippen LogP contribution >= 0.6 is 23.2 Å². The van der Waals surface area contributed by atoms with Gasteiger partial charge in [0.1, 0.15) is 12.6 Å². The summed E-state index contributed by atoms with van der Waals surface area (Å²) in [5, 5.41) is 3.75. The average Bonchev–Trinajstić information content (AvgIpc) is 3.04. The third-order valence-corrected chi connectivity index (χ3v) is 10.1. The van der Waals surface area contributed by atoms with Crippen LogP contribution in [0.4, 0.5) is 5.69 Å². The molecule has 1 atom stereocenters. The van der Waals surface area contributed by atoms with Gasteiger partial charge >= 0.3 is 0 Å². The fraction of sp³-hybridized carbons (Fsp3) is 0.278. The molecule has 2 amide bonds. The molecule has 0 radical (unpaired) electrons. The molecule has 1 N–H and O–H groups in total. The monoisotopic (exact) mass is 679 g/mol. The van der Waals surface area contributed by atoms with Crippen LogP contribution in [0.3, 0.4) is 0 Å². The predicted octanol–water partition coefficient (Wildman–Crippen LogP) is 7.36. The van der Waals surface area contributed by atoms with Crippen molar-refractivity contribution in [3.63, 3.8) is 0 Å². The highest BCUT2D eigenvalue weighted by Crippen LogP contribution is 2.29. The van der Waals surface area contributed by atoms with Crippen molar-refractivity contribution in [2.75, 3.05) is 17.4 Å². The van der Waals surface area contributed by atoms with E-state index >= 15 is 0 Å². The number of hydrogen-bond donors (Lipinski definition) is 1. The largest absolute Gasteiger partial charge is 0.354 e. The van der Waals surface area contributed by atoms with E-state index in [1.807, 2.05) is 56.3 Å². The molecule has 0 bridgehead atoms. The van der Waals surface area contributed by atoms with Gasteiger partial charge in [-0.2, -0.15) is 0 Å². The molecule has 0 saturated carbocycles. The second-order valence-corrected chi connectivity index (χ2v) is 13.9. The Bertz CT molecular complexity index is 1750. The highest BCUT2D eigenvalue weighted by atomic mass is 35.5. The van der Waals surface area contributed by atoms with Gasteiger partial charge < -0.3 is 10.2 Å². The van der Waals surface area contributed by atoms with Crippen molar-refractivity contribution < 1.29 is 18.0 Å². The molecule has 242 valence electrons. The highest BCUT2D eigenvalue weighted by molar-refractivity contribution is 7.92. The molecule has 7 nitrogen and oxygen atoms in total. The maximum atomic E-state index is 14.6. The second kappa shape index (κ2) is 16.1. The van der Waals surface area contributed by atoms with Crippen molar-refractivity contribution in [1.29, 1.82) is 0 Å². The van der Waals surface area contributed by atoms with E-state index in [-0.39, 0.29) is 23.8 Å². The fourth-order valence-electron chi connectivity index (χ4n) is 5.11. The van der Waals surface area contributed by atoms with Gasteiger partial charge in [0.05, 0.1) is 10.6 Å². The molecule has 0 aliphatic carbocycles. The molecule has 0 aromatic heterocycles. The number of unbranched alkanes of at least 4 members (excludes halogenated alkanes) is 1. The van der Waals surface area contributed by atoms with Gasteiger partial charge in [0.15, 0.2) is 0 Å². The van der Waals surface area contributed by atoms with Gasteiger partial charge in [-0.3, -0.25) is 13.9 Å². The molecule has 4 aromatic rings. The van der Waals surface area contributed by atoms with Gasteiger partial charge in [-0.1, -0.05) is 103 Å². The normalized spacial score (nSPS) is 11.9. The lowest BCUT2D eigenvalue weighted by Gasteiger charge is -2.34. The van der Waals surface area contributed by atoms with Crippen LogP contribution in [-0.2, 0) is 32.6 Å². The predicted molar refractivity (Wildman–Crippen MR) is 186 cm³/mol. The van der Waals surface area contributed by atoms with Gasteiger partial charge in [-0.15, -0.1) is 0 Å². The first-order chi connectivity index (χ1) is 22.0. The first kappa shape index (κ1) is 35.0. The van der Waals surface area contributed by atoms with E-state index in [0.29, 0.717) is 33.4 Å². The number of carbonyl (C=O) groups excluding carboxylic acids is 2. The van der Waals surface area contributed by atoms with Crippen molar-refractivity contribution in [2.45, 2.75) is 57.5 Å². The first-order valence-electron chi connectivity index (χ1n) is 15.2. The third-order valence-electron chi connectivity index (χ3n) is 7.70. The summed E-state index contributed by atoms with van der Waals surface area (Å²) < 4.78 is 29.6. The molecule has 10 heteroatoms. The first-order valence-corrected chi connectivity index (χ1v) is 17.4. The summed E-state index contributed by atoms with van der Waals surface area (Å²) in [4.78, 5) is 30.0. The van der Waals surface area contributed by atoms with E-state index in [2.05, 4.69) is 5.32 Å². The molecule has 4 rings (SSSR count). The molecular weight excluding hydrogens is 641 g/mol. The van der Waals surface area contributed by atoms with Crippen molar-refractivity contribution in [3.8, 4) is 0 Å². The van der Waals surface area contributed by atoms with Crippen LogP contribution in [0.15, 0.2) is 102 Å². The van der Waals surface area contributed by atoms with Crippen molar-refractivity contribution >= 4 is 50.7 Å². The van der Waals surface area contributed by atoms with Crippen LogP contribution < -0.4 is 9.62 Å². The molecule has 0 heterocycles. The Balaban J connectivity index is 1.83. The van der Waals surface area contributed by atoms with Gasteiger partial charge in [-0.05, 0) is 72.9 Å². The summed E-state index contributed by atoms with van der Waals surface area (Å²) >= 11 is 12.8. The molecule has 0 saturated heterocycles. The van der Waals surface area contributed by atoms with E-state index in [1.165, 1.54) is 17.0 Å². The van der Waals surface area contributed by atoms with Crippen LogP contribution in [0, 0.1) is 13.8 Å². The minimum atomic E-state index is -4.19. The van der Waals surface area contributed by atoms with E-state index in [4.69, 9.17) is 23.2 Å². The van der Waals surface area contributed by atoms with Crippen LogP contribution in [0.1, 0.15) is 42.0 Å². The molecule has 0 fully saturated rings. The van der Waals surface area contributed by atoms with E-state index in [0.717, 1.165) is 28.3 Å². The summed E-state index contributed by atoms with van der Waals surface area (Å²) in [5.41, 5.74) is 3.32. The second-order valence-electron chi connectivity index (χ2n) is 11.2. The standard InChI is InChI=1S/C36H39Cl2N3O4S/c1-4-5-20-39-36(43)34(22-28-12-8-6-9-13-28)40(24-29-18-19-30(37)23-32(29)38)35(42)25-41(33-21-26(2)16-17-27(33)3)46(44,45)31-14-10-7-11-15-31/h6-19,21,23,34H,4-5,20,22,24-25H2,1-3H3,(H,39,43). The zero-order valence-electron chi connectivity index (χ0n) is 26.2. The van der Waals surface area contributed by atoms with Gasteiger partial charge in [0, 0.05) is 29.6 Å². The van der Waals surface area contributed by atoms with Crippen LogP contribution in [-0.4, -0.2) is 44.3 Å². The van der Waals surface area contributed by atoms with Crippen LogP contribution in [0.25, 0.3) is 0 Å². The number of halogens is 2. The van der Waals surface area contributed by atoms with E-state index in [9.17, 15) is 18.0 Å². The Labute approximate surface area is 282 Å². The lowest BCUT2D eigenvalue weighted by Crippen LogP contribution is -2.53. The number of nitrogens with one attached hydrogen (secondary N) is 1. The highest BCUT2D eigenvalue weighted by Gasteiger charge is 2.35. The molecule has 4 aromatic carbocycles. The number of benzene rings is 4. The number of anilines is 1. The SMILES string of the molecule is CCCCNC(=O)C(Cc1ccccc1)N(Cc1ccc(Cl)cc1Cl)C(=O)CN(c1cc(C)ccc1C)S(=O)(=O)c1ccccc1. The Morgan fingerprint density at radius 2 is 1.54 bits per heavy atom. The van der Waals surface area contributed by atoms with E-state index < -0.39 is 28.5 Å². The number of rotatable bonds is 14. The quantitative estimate of drug-likeness (QED) is 0.141. The Hall–Kier alpha value is -3.85. The molecule has 0 aliphatic heterocycles. The van der Waals surface area contributed by atoms with Crippen molar-refractivity contribution in [1.82, 2.24) is 10.2 Å². The minimum Gasteiger partial charge on any atom is -0.354 e. The molecular formula is C36H39Cl2N3O4S. The van der Waals surface area contributed by atoms with Gasteiger partial charge in [-0.25, -0.2) is 8.42 Å². The third kappa shape index (κ3) is 8.90. The number of carbonyl (C=O) groups is 2. The molecule has 1 unspecified atom stereocenters. The Kier molecular flexibility index (Phi) is 12.3. The van der Waals surface area contributed by atoms with Gasteiger partial charge in [0.25, 0.3) is 10.0 Å². The topological polar surface area (TPSA) is 86.8 Å².